The first-order chi connectivity index (χ1) is 18.4. The van der Waals surface area contributed by atoms with Crippen LogP contribution >= 0.6 is 0 Å². The van der Waals surface area contributed by atoms with Crippen LogP contribution in [0.15, 0.2) is 108 Å². The molecule has 4 aromatic rings. The zero-order chi connectivity index (χ0) is 26.5. The SMILES string of the molecule is NCCCc1ccc(NC(=C2C(=O)Nc3ccc(S(=O)(=O)Nc4ccccc4)cc32)c2ccccc2)cc1. The maximum absolute atomic E-state index is 13.3. The summed E-state index contributed by atoms with van der Waals surface area (Å²) in [5.41, 5.74) is 10.9. The van der Waals surface area contributed by atoms with Crippen molar-refractivity contribution >= 4 is 44.3 Å². The molecule has 0 saturated heterocycles. The molecule has 0 atom stereocenters. The first-order valence-electron chi connectivity index (χ1n) is 12.3. The number of para-hydroxylation sites is 1. The minimum absolute atomic E-state index is 0.0609. The molecule has 0 fully saturated rings. The van der Waals surface area contributed by atoms with Crippen molar-refractivity contribution < 1.29 is 13.2 Å². The van der Waals surface area contributed by atoms with Gasteiger partial charge in [0.15, 0.2) is 0 Å². The molecule has 1 amide bonds. The molecule has 1 aliphatic rings. The third-order valence-electron chi connectivity index (χ3n) is 6.28. The van der Waals surface area contributed by atoms with E-state index in [1.165, 1.54) is 17.7 Å². The van der Waals surface area contributed by atoms with Gasteiger partial charge >= 0.3 is 0 Å². The van der Waals surface area contributed by atoms with Gasteiger partial charge < -0.3 is 16.4 Å². The van der Waals surface area contributed by atoms with E-state index in [9.17, 15) is 13.2 Å². The van der Waals surface area contributed by atoms with Crippen LogP contribution in [0.1, 0.15) is 23.1 Å². The second-order valence-corrected chi connectivity index (χ2v) is 10.6. The maximum atomic E-state index is 13.3. The Morgan fingerprint density at radius 1 is 0.816 bits per heavy atom. The third-order valence-corrected chi connectivity index (χ3v) is 7.66. The molecule has 0 radical (unpaired) electrons. The zero-order valence-electron chi connectivity index (χ0n) is 20.6. The molecule has 8 heteroatoms. The largest absolute Gasteiger partial charge is 0.354 e. The lowest BCUT2D eigenvalue weighted by Gasteiger charge is -2.16. The summed E-state index contributed by atoms with van der Waals surface area (Å²) >= 11 is 0. The van der Waals surface area contributed by atoms with Gasteiger partial charge in [-0.15, -0.1) is 0 Å². The number of benzene rings is 4. The van der Waals surface area contributed by atoms with Gasteiger partial charge in [-0.2, -0.15) is 0 Å². The van der Waals surface area contributed by atoms with E-state index in [2.05, 4.69) is 15.4 Å². The summed E-state index contributed by atoms with van der Waals surface area (Å²) in [5.74, 6) is -0.309. The molecule has 1 aliphatic heterocycles. The van der Waals surface area contributed by atoms with Gasteiger partial charge in [-0.1, -0.05) is 60.7 Å². The molecule has 0 aliphatic carbocycles. The van der Waals surface area contributed by atoms with Crippen LogP contribution in [0, 0.1) is 0 Å². The van der Waals surface area contributed by atoms with Crippen LogP contribution in [0.2, 0.25) is 0 Å². The van der Waals surface area contributed by atoms with Crippen LogP contribution < -0.4 is 21.1 Å². The molecule has 0 aromatic heterocycles. The van der Waals surface area contributed by atoms with Crippen molar-refractivity contribution in [1.82, 2.24) is 0 Å². The number of nitrogens with one attached hydrogen (secondary N) is 3. The summed E-state index contributed by atoms with van der Waals surface area (Å²) < 4.78 is 28.9. The van der Waals surface area contributed by atoms with Crippen molar-refractivity contribution in [3.63, 3.8) is 0 Å². The van der Waals surface area contributed by atoms with E-state index >= 15 is 0 Å². The van der Waals surface area contributed by atoms with Crippen LogP contribution in [0.3, 0.4) is 0 Å². The third kappa shape index (κ3) is 5.46. The van der Waals surface area contributed by atoms with Crippen molar-refractivity contribution in [2.75, 3.05) is 21.9 Å². The van der Waals surface area contributed by atoms with Gasteiger partial charge in [0.1, 0.15) is 0 Å². The number of fused-ring (bicyclic) bond motifs is 1. The van der Waals surface area contributed by atoms with Gasteiger partial charge in [-0.3, -0.25) is 9.52 Å². The Morgan fingerprint density at radius 2 is 1.50 bits per heavy atom. The normalized spacial score (nSPS) is 14.0. The van der Waals surface area contributed by atoms with E-state index in [1.54, 1.807) is 30.3 Å². The number of rotatable bonds is 9. The van der Waals surface area contributed by atoms with Crippen molar-refractivity contribution in [2.24, 2.45) is 5.73 Å². The molecule has 0 bridgehead atoms. The Morgan fingerprint density at radius 3 is 2.18 bits per heavy atom. The lowest BCUT2D eigenvalue weighted by atomic mass is 10.00. The second kappa shape index (κ2) is 10.9. The van der Waals surface area contributed by atoms with Crippen LogP contribution in [-0.2, 0) is 21.2 Å². The van der Waals surface area contributed by atoms with Crippen LogP contribution in [0.25, 0.3) is 11.3 Å². The van der Waals surface area contributed by atoms with E-state index in [1.807, 2.05) is 60.7 Å². The minimum atomic E-state index is -3.88. The van der Waals surface area contributed by atoms with Crippen LogP contribution in [0.5, 0.6) is 0 Å². The molecule has 0 unspecified atom stereocenters. The van der Waals surface area contributed by atoms with Gasteiger partial charge in [-0.05, 0) is 73.0 Å². The Labute approximate surface area is 222 Å². The Hall–Kier alpha value is -4.40. The molecule has 0 saturated carbocycles. The number of carbonyl (C=O) groups excluding carboxylic acids is 1. The Balaban J connectivity index is 1.57. The molecular formula is C30H28N4O3S. The first kappa shape index (κ1) is 25.3. The van der Waals surface area contributed by atoms with Crippen molar-refractivity contribution in [2.45, 2.75) is 17.7 Å². The highest BCUT2D eigenvalue weighted by molar-refractivity contribution is 7.92. The summed E-state index contributed by atoms with van der Waals surface area (Å²) in [6.07, 6.45) is 1.81. The van der Waals surface area contributed by atoms with Crippen LogP contribution in [-0.4, -0.2) is 20.9 Å². The number of carbonyl (C=O) groups is 1. The number of hydrogen-bond donors (Lipinski definition) is 4. The molecule has 1 heterocycles. The lowest BCUT2D eigenvalue weighted by molar-refractivity contribution is -0.110. The molecule has 38 heavy (non-hydrogen) atoms. The average Bonchev–Trinajstić information content (AvgIpc) is 3.26. The van der Waals surface area contributed by atoms with E-state index in [0.29, 0.717) is 34.8 Å². The number of amides is 1. The fourth-order valence-corrected chi connectivity index (χ4v) is 5.46. The molecule has 5 rings (SSSR count). The molecular weight excluding hydrogens is 496 g/mol. The number of hydrogen-bond acceptors (Lipinski definition) is 5. The van der Waals surface area contributed by atoms with E-state index in [-0.39, 0.29) is 10.8 Å². The summed E-state index contributed by atoms with van der Waals surface area (Å²) in [4.78, 5) is 13.3. The van der Waals surface area contributed by atoms with Gasteiger partial charge in [-0.25, -0.2) is 8.42 Å². The summed E-state index contributed by atoms with van der Waals surface area (Å²) in [6, 6.07) is 30.8. The standard InChI is InChI=1S/C30H28N4O3S/c31-19-7-8-21-13-15-23(16-14-21)32-29(22-9-3-1-4-10-22)28-26-20-25(17-18-27(26)33-30(28)35)38(36,37)34-24-11-5-2-6-12-24/h1-6,9-18,20,32,34H,7-8,19,31H2,(H,33,35). The first-order valence-corrected chi connectivity index (χ1v) is 13.8. The maximum Gasteiger partial charge on any atom is 0.261 e. The van der Waals surface area contributed by atoms with Gasteiger partial charge in [0, 0.05) is 22.6 Å². The van der Waals surface area contributed by atoms with E-state index in [0.717, 1.165) is 24.1 Å². The fourth-order valence-electron chi connectivity index (χ4n) is 4.37. The number of sulfonamides is 1. The lowest BCUT2D eigenvalue weighted by Crippen LogP contribution is -2.13. The monoisotopic (exact) mass is 524 g/mol. The Kier molecular flexibility index (Phi) is 7.26. The number of nitrogens with two attached hydrogens (primary N) is 1. The van der Waals surface area contributed by atoms with Crippen molar-refractivity contribution in [1.29, 1.82) is 0 Å². The molecule has 192 valence electrons. The highest BCUT2D eigenvalue weighted by Gasteiger charge is 2.30. The second-order valence-electron chi connectivity index (χ2n) is 8.96. The highest BCUT2D eigenvalue weighted by Crippen LogP contribution is 2.39. The molecule has 7 nitrogen and oxygen atoms in total. The average molecular weight is 525 g/mol. The molecule has 4 aromatic carbocycles. The van der Waals surface area contributed by atoms with Crippen LogP contribution in [0.4, 0.5) is 17.1 Å². The predicted octanol–water partition coefficient (Wildman–Crippen LogP) is 5.31. The van der Waals surface area contributed by atoms with Crippen molar-refractivity contribution in [3.05, 3.63) is 120 Å². The smallest absolute Gasteiger partial charge is 0.261 e. The molecule has 0 spiro atoms. The number of aryl methyl sites for hydroxylation is 1. The van der Waals surface area contributed by atoms with Gasteiger partial charge in [0.25, 0.3) is 15.9 Å². The summed E-state index contributed by atoms with van der Waals surface area (Å²) in [7, 11) is -3.88. The fraction of sp³-hybridized carbons (Fsp3) is 0.100. The Bertz CT molecular complexity index is 1580. The highest BCUT2D eigenvalue weighted by atomic mass is 32.2. The summed E-state index contributed by atoms with van der Waals surface area (Å²) in [5, 5.41) is 6.30. The van der Waals surface area contributed by atoms with Crippen molar-refractivity contribution in [3.8, 4) is 0 Å². The number of anilines is 3. The molecule has 5 N–H and O–H groups in total. The zero-order valence-corrected chi connectivity index (χ0v) is 21.5. The van der Waals surface area contributed by atoms with E-state index in [4.69, 9.17) is 5.73 Å². The van der Waals surface area contributed by atoms with Gasteiger partial charge in [0.2, 0.25) is 0 Å². The van der Waals surface area contributed by atoms with Gasteiger partial charge in [0.05, 0.1) is 16.2 Å². The minimum Gasteiger partial charge on any atom is -0.354 e. The predicted molar refractivity (Wildman–Crippen MR) is 153 cm³/mol. The quantitative estimate of drug-likeness (QED) is 0.222. The topological polar surface area (TPSA) is 113 Å². The van der Waals surface area contributed by atoms with E-state index < -0.39 is 10.0 Å². The summed E-state index contributed by atoms with van der Waals surface area (Å²) in [6.45, 7) is 0.636.